The van der Waals surface area contributed by atoms with Crippen molar-refractivity contribution in [2.75, 3.05) is 13.1 Å². The van der Waals surface area contributed by atoms with Crippen LogP contribution in [0.5, 0.6) is 0 Å². The fourth-order valence-corrected chi connectivity index (χ4v) is 2.60. The number of rotatable bonds is 1. The maximum atomic E-state index is 12.2. The van der Waals surface area contributed by atoms with E-state index in [4.69, 9.17) is 0 Å². The summed E-state index contributed by atoms with van der Waals surface area (Å²) >= 11 is 3.36. The van der Waals surface area contributed by atoms with E-state index in [1.165, 1.54) is 0 Å². The van der Waals surface area contributed by atoms with Crippen LogP contribution in [0.25, 0.3) is 0 Å². The van der Waals surface area contributed by atoms with E-state index in [9.17, 15) is 9.90 Å². The molecule has 0 bridgehead atoms. The molecule has 0 radical (unpaired) electrons. The molecule has 1 aromatic rings. The summed E-state index contributed by atoms with van der Waals surface area (Å²) in [6, 6.07) is 7.35. The zero-order valence-electron chi connectivity index (χ0n) is 9.82. The Bertz CT molecular complexity index is 431. The summed E-state index contributed by atoms with van der Waals surface area (Å²) in [5.41, 5.74) is -0.0861. The van der Waals surface area contributed by atoms with E-state index < -0.39 is 5.60 Å². The fraction of sp³-hybridized carbons (Fsp3) is 0.462. The van der Waals surface area contributed by atoms with Gasteiger partial charge in [0.15, 0.2) is 0 Å². The largest absolute Gasteiger partial charge is 0.388 e. The van der Waals surface area contributed by atoms with Gasteiger partial charge >= 0.3 is 0 Å². The van der Waals surface area contributed by atoms with Gasteiger partial charge in [-0.2, -0.15) is 0 Å². The van der Waals surface area contributed by atoms with Crippen LogP contribution in [0.3, 0.4) is 0 Å². The second kappa shape index (κ2) is 4.78. The maximum Gasteiger partial charge on any atom is 0.253 e. The molecule has 1 unspecified atom stereocenters. The maximum absolute atomic E-state index is 12.2. The lowest BCUT2D eigenvalue weighted by molar-refractivity contribution is -0.0107. The van der Waals surface area contributed by atoms with Gasteiger partial charge < -0.3 is 10.0 Å². The summed E-state index contributed by atoms with van der Waals surface area (Å²) in [6.45, 7) is 2.92. The fourth-order valence-electron chi connectivity index (χ4n) is 2.20. The first kappa shape index (κ1) is 12.6. The van der Waals surface area contributed by atoms with E-state index >= 15 is 0 Å². The molecule has 1 aromatic carbocycles. The molecule has 1 aliphatic heterocycles. The van der Waals surface area contributed by atoms with Crippen LogP contribution in [0.4, 0.5) is 0 Å². The molecule has 0 aliphatic carbocycles. The first-order valence-electron chi connectivity index (χ1n) is 5.75. The Hall–Kier alpha value is -0.870. The Kier molecular flexibility index (Phi) is 3.54. The van der Waals surface area contributed by atoms with Crippen molar-refractivity contribution in [1.29, 1.82) is 0 Å². The Morgan fingerprint density at radius 2 is 2.29 bits per heavy atom. The number of aliphatic hydroxyl groups is 1. The van der Waals surface area contributed by atoms with Crippen molar-refractivity contribution in [3.05, 3.63) is 34.3 Å². The van der Waals surface area contributed by atoms with Crippen LogP contribution in [0.2, 0.25) is 0 Å². The molecule has 92 valence electrons. The average molecular weight is 298 g/mol. The lowest BCUT2D eigenvalue weighted by Gasteiger charge is -2.36. The number of benzene rings is 1. The third kappa shape index (κ3) is 3.07. The van der Waals surface area contributed by atoms with Crippen molar-refractivity contribution in [2.45, 2.75) is 25.4 Å². The normalized spacial score (nSPS) is 24.8. The summed E-state index contributed by atoms with van der Waals surface area (Å²) < 4.78 is 0.895. The van der Waals surface area contributed by atoms with Crippen LogP contribution in [0.1, 0.15) is 30.1 Å². The van der Waals surface area contributed by atoms with Gasteiger partial charge in [0.05, 0.1) is 5.60 Å². The summed E-state index contributed by atoms with van der Waals surface area (Å²) in [6.07, 6.45) is 1.61. The van der Waals surface area contributed by atoms with Gasteiger partial charge in [0.25, 0.3) is 5.91 Å². The van der Waals surface area contributed by atoms with Crippen molar-refractivity contribution >= 4 is 21.8 Å². The minimum Gasteiger partial charge on any atom is -0.388 e. The zero-order chi connectivity index (χ0) is 12.5. The van der Waals surface area contributed by atoms with E-state index in [-0.39, 0.29) is 5.91 Å². The molecule has 1 aliphatic rings. The van der Waals surface area contributed by atoms with Crippen LogP contribution in [-0.2, 0) is 0 Å². The number of amides is 1. The average Bonchev–Trinajstić information content (AvgIpc) is 2.26. The van der Waals surface area contributed by atoms with Crippen molar-refractivity contribution in [3.63, 3.8) is 0 Å². The lowest BCUT2D eigenvalue weighted by Crippen LogP contribution is -2.48. The number of piperidine rings is 1. The molecule has 3 nitrogen and oxygen atoms in total. The Labute approximate surface area is 110 Å². The highest BCUT2D eigenvalue weighted by Crippen LogP contribution is 2.22. The molecule has 0 aromatic heterocycles. The first-order chi connectivity index (χ1) is 7.98. The van der Waals surface area contributed by atoms with E-state index in [0.717, 1.165) is 23.9 Å². The van der Waals surface area contributed by atoms with Gasteiger partial charge in [-0.05, 0) is 38.0 Å². The van der Waals surface area contributed by atoms with Crippen molar-refractivity contribution in [1.82, 2.24) is 4.90 Å². The van der Waals surface area contributed by atoms with Crippen LogP contribution in [-0.4, -0.2) is 34.6 Å². The van der Waals surface area contributed by atoms with Crippen LogP contribution < -0.4 is 0 Å². The lowest BCUT2D eigenvalue weighted by atomic mass is 9.94. The van der Waals surface area contributed by atoms with E-state index in [0.29, 0.717) is 12.1 Å². The minimum atomic E-state index is -0.750. The first-order valence-corrected chi connectivity index (χ1v) is 6.54. The van der Waals surface area contributed by atoms with Crippen LogP contribution in [0, 0.1) is 0 Å². The van der Waals surface area contributed by atoms with E-state index in [1.807, 2.05) is 18.2 Å². The topological polar surface area (TPSA) is 40.5 Å². The third-order valence-electron chi connectivity index (χ3n) is 3.03. The van der Waals surface area contributed by atoms with Crippen molar-refractivity contribution in [2.24, 2.45) is 0 Å². The second-order valence-electron chi connectivity index (χ2n) is 4.84. The Morgan fingerprint density at radius 1 is 1.53 bits per heavy atom. The summed E-state index contributed by atoms with van der Waals surface area (Å²) in [7, 11) is 0. The number of carbonyl (C=O) groups excluding carboxylic acids is 1. The quantitative estimate of drug-likeness (QED) is 0.865. The number of hydrogen-bond donors (Lipinski definition) is 1. The van der Waals surface area contributed by atoms with Gasteiger partial charge in [-0.3, -0.25) is 4.79 Å². The monoisotopic (exact) mass is 297 g/mol. The van der Waals surface area contributed by atoms with Crippen molar-refractivity contribution in [3.8, 4) is 0 Å². The van der Waals surface area contributed by atoms with Gasteiger partial charge in [-0.25, -0.2) is 0 Å². The third-order valence-corrected chi connectivity index (χ3v) is 3.53. The molecule has 1 fully saturated rings. The molecule has 1 N–H and O–H groups in total. The highest BCUT2D eigenvalue weighted by molar-refractivity contribution is 9.10. The Balaban J connectivity index is 2.15. The van der Waals surface area contributed by atoms with Gasteiger partial charge in [0, 0.05) is 23.1 Å². The minimum absolute atomic E-state index is 0.00808. The van der Waals surface area contributed by atoms with E-state index in [2.05, 4.69) is 15.9 Å². The highest BCUT2D eigenvalue weighted by atomic mass is 79.9. The molecule has 0 spiro atoms. The number of nitrogens with zero attached hydrogens (tertiary/aromatic N) is 1. The molecule has 1 atom stereocenters. The molecule has 2 rings (SSSR count). The van der Waals surface area contributed by atoms with Gasteiger partial charge in [0.2, 0.25) is 0 Å². The van der Waals surface area contributed by atoms with Gasteiger partial charge in [0.1, 0.15) is 0 Å². The second-order valence-corrected chi connectivity index (χ2v) is 5.75. The van der Waals surface area contributed by atoms with E-state index in [1.54, 1.807) is 17.9 Å². The summed E-state index contributed by atoms with van der Waals surface area (Å²) in [4.78, 5) is 14.0. The molecule has 1 heterocycles. The number of hydrogen-bond acceptors (Lipinski definition) is 2. The van der Waals surface area contributed by atoms with Gasteiger partial charge in [-0.15, -0.1) is 0 Å². The molecule has 1 saturated heterocycles. The van der Waals surface area contributed by atoms with Crippen LogP contribution in [0.15, 0.2) is 28.7 Å². The van der Waals surface area contributed by atoms with Gasteiger partial charge in [-0.1, -0.05) is 22.0 Å². The number of likely N-dealkylation sites (tertiary alicyclic amines) is 1. The number of β-amino-alcohol motifs (C(OH)–C–C–N with tert-alkyl or cyclic N) is 1. The molecular weight excluding hydrogens is 282 g/mol. The molecule has 1 amide bonds. The summed E-state index contributed by atoms with van der Waals surface area (Å²) in [5, 5.41) is 9.99. The highest BCUT2D eigenvalue weighted by Gasteiger charge is 2.31. The van der Waals surface area contributed by atoms with Crippen LogP contribution >= 0.6 is 15.9 Å². The van der Waals surface area contributed by atoms with Crippen molar-refractivity contribution < 1.29 is 9.90 Å². The Morgan fingerprint density at radius 3 is 2.94 bits per heavy atom. The number of carbonyl (C=O) groups is 1. The SMILES string of the molecule is CC1(O)CCCN(C(=O)c2cccc(Br)c2)C1. The molecular formula is C13H16BrNO2. The number of halogens is 1. The predicted molar refractivity (Wildman–Crippen MR) is 69.9 cm³/mol. The molecule has 17 heavy (non-hydrogen) atoms. The summed E-state index contributed by atoms with van der Waals surface area (Å²) in [5.74, 6) is -0.00808. The molecule has 0 saturated carbocycles. The standard InChI is InChI=1S/C13H16BrNO2/c1-13(17)6-3-7-15(9-13)12(16)10-4-2-5-11(14)8-10/h2,4-5,8,17H,3,6-7,9H2,1H3. The smallest absolute Gasteiger partial charge is 0.253 e. The zero-order valence-corrected chi connectivity index (χ0v) is 11.4. The predicted octanol–water partition coefficient (Wildman–Crippen LogP) is 2.44. The molecule has 4 heteroatoms.